The molecule has 0 saturated carbocycles. The van der Waals surface area contributed by atoms with Crippen LogP contribution in [0.5, 0.6) is 5.75 Å². The van der Waals surface area contributed by atoms with Gasteiger partial charge in [-0.1, -0.05) is 29.8 Å². The summed E-state index contributed by atoms with van der Waals surface area (Å²) in [4.78, 5) is 5.60. The summed E-state index contributed by atoms with van der Waals surface area (Å²) in [7, 11) is 1.66. The van der Waals surface area contributed by atoms with E-state index in [0.717, 1.165) is 27.5 Å². The van der Waals surface area contributed by atoms with E-state index in [2.05, 4.69) is 16.5 Å². The second-order valence-corrected chi connectivity index (χ2v) is 6.34. The third-order valence-corrected chi connectivity index (χ3v) is 4.75. The fourth-order valence-corrected chi connectivity index (χ4v) is 3.47. The summed E-state index contributed by atoms with van der Waals surface area (Å²) in [5.74, 6) is 0.838. The SMILES string of the molecule is C=CCn1c(-c2ccc(OC)cc2)csc1=Nc1ccccc1Cl. The highest BCUT2D eigenvalue weighted by atomic mass is 35.5. The van der Waals surface area contributed by atoms with Gasteiger partial charge in [-0.25, -0.2) is 4.99 Å². The number of allylic oxidation sites excluding steroid dienone is 1. The Morgan fingerprint density at radius 2 is 1.96 bits per heavy atom. The number of thiazole rings is 1. The van der Waals surface area contributed by atoms with E-state index in [-0.39, 0.29) is 0 Å². The van der Waals surface area contributed by atoms with Crippen molar-refractivity contribution in [1.29, 1.82) is 0 Å². The largest absolute Gasteiger partial charge is 0.497 e. The van der Waals surface area contributed by atoms with Gasteiger partial charge in [0.1, 0.15) is 5.75 Å². The molecule has 0 aliphatic heterocycles. The first-order chi connectivity index (χ1) is 11.7. The highest BCUT2D eigenvalue weighted by molar-refractivity contribution is 7.07. The number of benzene rings is 2. The van der Waals surface area contributed by atoms with Crippen LogP contribution < -0.4 is 9.54 Å². The van der Waals surface area contributed by atoms with E-state index in [1.54, 1.807) is 18.4 Å². The minimum atomic E-state index is 0.641. The Labute approximate surface area is 150 Å². The molecule has 0 unspecified atom stereocenters. The molecule has 2 aromatic carbocycles. The number of aromatic nitrogens is 1. The molecule has 122 valence electrons. The van der Waals surface area contributed by atoms with Gasteiger partial charge in [-0.2, -0.15) is 0 Å². The molecular weight excluding hydrogens is 340 g/mol. The van der Waals surface area contributed by atoms with Crippen LogP contribution in [-0.4, -0.2) is 11.7 Å². The van der Waals surface area contributed by atoms with Gasteiger partial charge in [-0.15, -0.1) is 17.9 Å². The van der Waals surface area contributed by atoms with E-state index in [0.29, 0.717) is 11.6 Å². The van der Waals surface area contributed by atoms with Gasteiger partial charge in [0, 0.05) is 11.9 Å². The first kappa shape index (κ1) is 16.6. The minimum absolute atomic E-state index is 0.641. The van der Waals surface area contributed by atoms with E-state index in [1.165, 1.54) is 0 Å². The molecule has 0 bridgehead atoms. The lowest BCUT2D eigenvalue weighted by molar-refractivity contribution is 0.415. The van der Waals surface area contributed by atoms with Crippen molar-refractivity contribution in [3.05, 3.63) is 76.4 Å². The topological polar surface area (TPSA) is 26.5 Å². The molecule has 0 aliphatic rings. The molecule has 1 aromatic heterocycles. The van der Waals surface area contributed by atoms with Gasteiger partial charge in [-0.3, -0.25) is 0 Å². The normalized spacial score (nSPS) is 11.5. The summed E-state index contributed by atoms with van der Waals surface area (Å²) in [6, 6.07) is 15.6. The summed E-state index contributed by atoms with van der Waals surface area (Å²) < 4.78 is 7.35. The molecule has 0 radical (unpaired) electrons. The Hall–Kier alpha value is -2.30. The quantitative estimate of drug-likeness (QED) is 0.570. The molecule has 0 fully saturated rings. The molecular formula is C19H17ClN2OS. The van der Waals surface area contributed by atoms with E-state index in [1.807, 2.05) is 54.6 Å². The van der Waals surface area contributed by atoms with Gasteiger partial charge >= 0.3 is 0 Å². The minimum Gasteiger partial charge on any atom is -0.497 e. The molecule has 0 atom stereocenters. The number of para-hydroxylation sites is 1. The van der Waals surface area contributed by atoms with Crippen molar-refractivity contribution in [2.75, 3.05) is 7.11 Å². The van der Waals surface area contributed by atoms with Crippen LogP contribution in [0.2, 0.25) is 5.02 Å². The maximum atomic E-state index is 6.23. The Morgan fingerprint density at radius 1 is 1.21 bits per heavy atom. The summed E-state index contributed by atoms with van der Waals surface area (Å²) in [6.07, 6.45) is 1.87. The van der Waals surface area contributed by atoms with Crippen molar-refractivity contribution in [3.63, 3.8) is 0 Å². The lowest BCUT2D eigenvalue weighted by Crippen LogP contribution is -2.14. The summed E-state index contributed by atoms with van der Waals surface area (Å²) >= 11 is 7.81. The van der Waals surface area contributed by atoms with Crippen LogP contribution in [0.25, 0.3) is 11.3 Å². The third-order valence-electron chi connectivity index (χ3n) is 3.56. The van der Waals surface area contributed by atoms with Crippen LogP contribution >= 0.6 is 22.9 Å². The van der Waals surface area contributed by atoms with Crippen molar-refractivity contribution < 1.29 is 4.74 Å². The van der Waals surface area contributed by atoms with E-state index in [4.69, 9.17) is 21.3 Å². The van der Waals surface area contributed by atoms with E-state index < -0.39 is 0 Å². The van der Waals surface area contributed by atoms with E-state index >= 15 is 0 Å². The molecule has 0 aliphatic carbocycles. The molecule has 3 rings (SSSR count). The summed E-state index contributed by atoms with van der Waals surface area (Å²) in [5.41, 5.74) is 2.96. The fourth-order valence-electron chi connectivity index (χ4n) is 2.36. The number of halogens is 1. The second kappa shape index (κ2) is 7.51. The Bertz CT molecular complexity index is 910. The highest BCUT2D eigenvalue weighted by Crippen LogP contribution is 2.25. The zero-order valence-corrected chi connectivity index (χ0v) is 14.8. The number of hydrogen-bond acceptors (Lipinski definition) is 3. The van der Waals surface area contributed by atoms with Gasteiger partial charge in [0.25, 0.3) is 0 Å². The highest BCUT2D eigenvalue weighted by Gasteiger charge is 2.08. The van der Waals surface area contributed by atoms with Gasteiger partial charge in [-0.05, 0) is 42.0 Å². The number of nitrogens with zero attached hydrogens (tertiary/aromatic N) is 2. The van der Waals surface area contributed by atoms with Crippen molar-refractivity contribution in [1.82, 2.24) is 4.57 Å². The van der Waals surface area contributed by atoms with Crippen LogP contribution in [0.1, 0.15) is 0 Å². The molecule has 3 aromatic rings. The lowest BCUT2D eigenvalue weighted by Gasteiger charge is -2.07. The average molecular weight is 357 g/mol. The van der Waals surface area contributed by atoms with E-state index in [9.17, 15) is 0 Å². The molecule has 0 spiro atoms. The zero-order chi connectivity index (χ0) is 16.9. The molecule has 24 heavy (non-hydrogen) atoms. The monoisotopic (exact) mass is 356 g/mol. The van der Waals surface area contributed by atoms with Crippen LogP contribution in [0.4, 0.5) is 5.69 Å². The van der Waals surface area contributed by atoms with Crippen molar-refractivity contribution in [2.24, 2.45) is 4.99 Å². The molecule has 5 heteroatoms. The first-order valence-corrected chi connectivity index (χ1v) is 8.71. The van der Waals surface area contributed by atoms with Crippen LogP contribution in [-0.2, 0) is 6.54 Å². The van der Waals surface area contributed by atoms with Crippen LogP contribution in [0.3, 0.4) is 0 Å². The molecule has 1 heterocycles. The molecule has 3 nitrogen and oxygen atoms in total. The number of hydrogen-bond donors (Lipinski definition) is 0. The van der Waals surface area contributed by atoms with Gasteiger partial charge in [0.2, 0.25) is 0 Å². The molecule has 0 saturated heterocycles. The first-order valence-electron chi connectivity index (χ1n) is 7.46. The van der Waals surface area contributed by atoms with Gasteiger partial charge in [0.05, 0.1) is 23.5 Å². The average Bonchev–Trinajstić information content (AvgIpc) is 3.00. The van der Waals surface area contributed by atoms with Crippen molar-refractivity contribution in [3.8, 4) is 17.0 Å². The Balaban J connectivity index is 2.10. The van der Waals surface area contributed by atoms with Crippen LogP contribution in [0, 0.1) is 0 Å². The number of rotatable bonds is 5. The zero-order valence-electron chi connectivity index (χ0n) is 13.3. The lowest BCUT2D eigenvalue weighted by atomic mass is 10.1. The summed E-state index contributed by atoms with van der Waals surface area (Å²) in [6.45, 7) is 4.53. The third kappa shape index (κ3) is 3.45. The Morgan fingerprint density at radius 3 is 2.62 bits per heavy atom. The molecule has 0 amide bonds. The maximum absolute atomic E-state index is 6.23. The summed E-state index contributed by atoms with van der Waals surface area (Å²) in [5, 5.41) is 2.74. The number of methoxy groups -OCH3 is 1. The van der Waals surface area contributed by atoms with Crippen molar-refractivity contribution in [2.45, 2.75) is 6.54 Å². The smallest absolute Gasteiger partial charge is 0.190 e. The van der Waals surface area contributed by atoms with Gasteiger partial charge in [0.15, 0.2) is 4.80 Å². The standard InChI is InChI=1S/C19H17ClN2OS/c1-3-12-22-18(14-8-10-15(23-2)11-9-14)13-24-19(22)21-17-7-5-4-6-16(17)20/h3-11,13H,1,12H2,2H3. The van der Waals surface area contributed by atoms with Gasteiger partial charge < -0.3 is 9.30 Å². The fraction of sp³-hybridized carbons (Fsp3) is 0.105. The Kier molecular flexibility index (Phi) is 5.18. The number of ether oxygens (including phenoxy) is 1. The van der Waals surface area contributed by atoms with Crippen molar-refractivity contribution >= 4 is 28.6 Å². The molecule has 0 N–H and O–H groups in total. The second-order valence-electron chi connectivity index (χ2n) is 5.09. The van der Waals surface area contributed by atoms with Crippen LogP contribution in [0.15, 0.2) is 71.6 Å². The maximum Gasteiger partial charge on any atom is 0.190 e. The predicted octanol–water partition coefficient (Wildman–Crippen LogP) is 5.30. The predicted molar refractivity (Wildman–Crippen MR) is 101 cm³/mol.